The SMILES string of the molecule is CC1=C2C=CC(=O)C=C2Cc2cc(O)ccc21. The third-order valence-corrected chi connectivity index (χ3v) is 3.35. The minimum Gasteiger partial charge on any atom is -0.508 e. The van der Waals surface area contributed by atoms with Crippen molar-refractivity contribution in [2.24, 2.45) is 0 Å². The molecule has 1 aromatic rings. The molecule has 0 bridgehead atoms. The standard InChI is InChI=1S/C15H12O2/c1-9-14-4-2-12(16)7-10(14)6-11-8-13(17)3-5-15(9)11/h2-5,7-8,16H,6H2,1H3. The zero-order valence-electron chi connectivity index (χ0n) is 9.53. The molecule has 1 N–H and O–H groups in total. The van der Waals surface area contributed by atoms with Crippen LogP contribution in [0.1, 0.15) is 18.1 Å². The van der Waals surface area contributed by atoms with Crippen molar-refractivity contribution < 1.29 is 9.90 Å². The van der Waals surface area contributed by atoms with E-state index in [0.29, 0.717) is 6.42 Å². The summed E-state index contributed by atoms with van der Waals surface area (Å²) >= 11 is 0. The molecule has 0 spiro atoms. The fourth-order valence-corrected chi connectivity index (χ4v) is 2.52. The summed E-state index contributed by atoms with van der Waals surface area (Å²) in [4.78, 5) is 11.4. The summed E-state index contributed by atoms with van der Waals surface area (Å²) in [6, 6.07) is 5.42. The maximum absolute atomic E-state index is 11.4. The quantitative estimate of drug-likeness (QED) is 0.735. The number of phenols is 1. The molecule has 0 saturated heterocycles. The van der Waals surface area contributed by atoms with Gasteiger partial charge < -0.3 is 5.11 Å². The van der Waals surface area contributed by atoms with Crippen LogP contribution in [0.3, 0.4) is 0 Å². The number of fused-ring (bicyclic) bond motifs is 2. The van der Waals surface area contributed by atoms with E-state index in [9.17, 15) is 9.90 Å². The maximum Gasteiger partial charge on any atom is 0.178 e. The van der Waals surface area contributed by atoms with Gasteiger partial charge in [-0.15, -0.1) is 0 Å². The second kappa shape index (κ2) is 3.45. The first kappa shape index (κ1) is 10.1. The molecule has 0 heterocycles. The molecular weight excluding hydrogens is 212 g/mol. The fraction of sp³-hybridized carbons (Fsp3) is 0.133. The number of aromatic hydroxyl groups is 1. The number of phenolic OH excluding ortho intramolecular Hbond substituents is 1. The molecule has 0 unspecified atom stereocenters. The average Bonchev–Trinajstić information content (AvgIpc) is 2.28. The Kier molecular flexibility index (Phi) is 2.05. The van der Waals surface area contributed by atoms with Crippen molar-refractivity contribution in [3.05, 3.63) is 58.7 Å². The highest BCUT2D eigenvalue weighted by molar-refractivity contribution is 6.04. The van der Waals surface area contributed by atoms with Crippen LogP contribution in [0.2, 0.25) is 0 Å². The van der Waals surface area contributed by atoms with Gasteiger partial charge in [0.25, 0.3) is 0 Å². The van der Waals surface area contributed by atoms with E-state index in [0.717, 1.165) is 22.3 Å². The van der Waals surface area contributed by atoms with Crippen molar-refractivity contribution in [2.75, 3.05) is 0 Å². The smallest absolute Gasteiger partial charge is 0.178 e. The van der Waals surface area contributed by atoms with Gasteiger partial charge in [0.2, 0.25) is 0 Å². The lowest BCUT2D eigenvalue weighted by atomic mass is 9.80. The van der Waals surface area contributed by atoms with Crippen LogP contribution in [0.15, 0.2) is 47.6 Å². The third-order valence-electron chi connectivity index (χ3n) is 3.35. The summed E-state index contributed by atoms with van der Waals surface area (Å²) in [6.07, 6.45) is 5.90. The van der Waals surface area contributed by atoms with E-state index in [1.165, 1.54) is 5.57 Å². The molecule has 0 atom stereocenters. The Morgan fingerprint density at radius 3 is 2.88 bits per heavy atom. The summed E-state index contributed by atoms with van der Waals surface area (Å²) in [7, 11) is 0. The van der Waals surface area contributed by atoms with Crippen molar-refractivity contribution in [2.45, 2.75) is 13.3 Å². The predicted molar refractivity (Wildman–Crippen MR) is 66.6 cm³/mol. The summed E-state index contributed by atoms with van der Waals surface area (Å²) in [5.74, 6) is 0.318. The molecule has 0 saturated carbocycles. The zero-order valence-corrected chi connectivity index (χ0v) is 9.53. The van der Waals surface area contributed by atoms with Gasteiger partial charge in [-0.25, -0.2) is 0 Å². The Labute approximate surface area is 99.6 Å². The van der Waals surface area contributed by atoms with Crippen LogP contribution in [0.5, 0.6) is 5.75 Å². The fourth-order valence-electron chi connectivity index (χ4n) is 2.52. The van der Waals surface area contributed by atoms with E-state index < -0.39 is 0 Å². The Bertz CT molecular complexity index is 616. The van der Waals surface area contributed by atoms with Crippen molar-refractivity contribution in [3.63, 3.8) is 0 Å². The van der Waals surface area contributed by atoms with Crippen molar-refractivity contribution in [1.29, 1.82) is 0 Å². The van der Waals surface area contributed by atoms with E-state index >= 15 is 0 Å². The molecule has 0 radical (unpaired) electrons. The van der Waals surface area contributed by atoms with Crippen molar-refractivity contribution in [3.8, 4) is 5.75 Å². The number of benzene rings is 1. The predicted octanol–water partition coefficient (Wildman–Crippen LogP) is 2.79. The van der Waals surface area contributed by atoms with E-state index in [2.05, 4.69) is 6.92 Å². The topological polar surface area (TPSA) is 37.3 Å². The van der Waals surface area contributed by atoms with E-state index in [4.69, 9.17) is 0 Å². The summed E-state index contributed by atoms with van der Waals surface area (Å²) in [5.41, 5.74) is 5.60. The molecule has 0 aromatic heterocycles. The molecule has 1 aromatic carbocycles. The van der Waals surface area contributed by atoms with Gasteiger partial charge >= 0.3 is 0 Å². The van der Waals surface area contributed by atoms with Crippen LogP contribution in [0.25, 0.3) is 5.57 Å². The first-order chi connectivity index (χ1) is 8.15. The minimum atomic E-state index is 0.0418. The first-order valence-electron chi connectivity index (χ1n) is 5.61. The van der Waals surface area contributed by atoms with Crippen molar-refractivity contribution >= 4 is 11.4 Å². The lowest BCUT2D eigenvalue weighted by Gasteiger charge is -2.24. The monoisotopic (exact) mass is 224 g/mol. The highest BCUT2D eigenvalue weighted by Crippen LogP contribution is 2.37. The number of hydrogen-bond acceptors (Lipinski definition) is 2. The number of rotatable bonds is 0. The molecule has 0 fully saturated rings. The Morgan fingerprint density at radius 1 is 1.24 bits per heavy atom. The zero-order chi connectivity index (χ0) is 12.0. The van der Waals surface area contributed by atoms with Crippen LogP contribution in [0.4, 0.5) is 0 Å². The molecule has 2 nitrogen and oxygen atoms in total. The van der Waals surface area contributed by atoms with Crippen molar-refractivity contribution in [1.82, 2.24) is 0 Å². The van der Waals surface area contributed by atoms with Crippen LogP contribution in [0, 0.1) is 0 Å². The normalized spacial score (nSPS) is 17.7. The van der Waals surface area contributed by atoms with Gasteiger partial charge in [-0.3, -0.25) is 4.79 Å². The molecule has 2 aliphatic rings. The average molecular weight is 224 g/mol. The Morgan fingerprint density at radius 2 is 2.06 bits per heavy atom. The van der Waals surface area contributed by atoms with Gasteiger partial charge in [0.1, 0.15) is 5.75 Å². The van der Waals surface area contributed by atoms with Gasteiger partial charge in [-0.2, -0.15) is 0 Å². The second-order valence-electron chi connectivity index (χ2n) is 4.46. The molecule has 17 heavy (non-hydrogen) atoms. The van der Waals surface area contributed by atoms with Gasteiger partial charge in [-0.05, 0) is 65.5 Å². The first-order valence-corrected chi connectivity index (χ1v) is 5.61. The van der Waals surface area contributed by atoms with Gasteiger partial charge in [0, 0.05) is 0 Å². The largest absolute Gasteiger partial charge is 0.508 e. The number of carbonyl (C=O) groups excluding carboxylic acids is 1. The number of hydrogen-bond donors (Lipinski definition) is 1. The molecule has 0 aliphatic heterocycles. The highest BCUT2D eigenvalue weighted by atomic mass is 16.3. The highest BCUT2D eigenvalue weighted by Gasteiger charge is 2.21. The lowest BCUT2D eigenvalue weighted by molar-refractivity contribution is -0.110. The van der Waals surface area contributed by atoms with Crippen LogP contribution in [-0.2, 0) is 11.2 Å². The second-order valence-corrected chi connectivity index (χ2v) is 4.46. The minimum absolute atomic E-state index is 0.0418. The van der Waals surface area contributed by atoms with Crippen LogP contribution >= 0.6 is 0 Å². The van der Waals surface area contributed by atoms with E-state index in [-0.39, 0.29) is 11.5 Å². The van der Waals surface area contributed by atoms with Gasteiger partial charge in [0.05, 0.1) is 0 Å². The lowest BCUT2D eigenvalue weighted by Crippen LogP contribution is -2.10. The summed E-state index contributed by atoms with van der Waals surface area (Å²) in [5, 5.41) is 9.51. The number of allylic oxidation sites excluding steroid dienone is 6. The Balaban J connectivity index is 2.24. The van der Waals surface area contributed by atoms with E-state index in [1.807, 2.05) is 12.1 Å². The molecule has 2 aliphatic carbocycles. The maximum atomic E-state index is 11.4. The summed E-state index contributed by atoms with van der Waals surface area (Å²) < 4.78 is 0. The molecule has 0 amide bonds. The van der Waals surface area contributed by atoms with Crippen LogP contribution in [-0.4, -0.2) is 10.9 Å². The summed E-state index contributed by atoms with van der Waals surface area (Å²) in [6.45, 7) is 2.05. The number of ketones is 1. The van der Waals surface area contributed by atoms with Gasteiger partial charge in [0.15, 0.2) is 5.78 Å². The van der Waals surface area contributed by atoms with Crippen LogP contribution < -0.4 is 0 Å². The molecule has 84 valence electrons. The van der Waals surface area contributed by atoms with E-state index in [1.54, 1.807) is 24.3 Å². The molecule has 2 heteroatoms. The number of carbonyl (C=O) groups is 1. The Hall–Kier alpha value is -2.09. The van der Waals surface area contributed by atoms with Gasteiger partial charge in [-0.1, -0.05) is 12.1 Å². The molecular formula is C15H12O2. The third kappa shape index (κ3) is 1.53. The molecule has 3 rings (SSSR count).